The van der Waals surface area contributed by atoms with E-state index in [1.165, 1.54) is 13.8 Å². The van der Waals surface area contributed by atoms with E-state index in [1.807, 2.05) is 0 Å². The second-order valence-electron chi connectivity index (χ2n) is 13.2. The first-order valence-corrected chi connectivity index (χ1v) is 17.0. The van der Waals surface area contributed by atoms with E-state index in [-0.39, 0.29) is 34.3 Å². The first-order chi connectivity index (χ1) is 24.5. The van der Waals surface area contributed by atoms with Crippen molar-refractivity contribution in [1.82, 2.24) is 31.0 Å². The van der Waals surface area contributed by atoms with E-state index >= 15 is 0 Å². The molecule has 2 saturated heterocycles. The van der Waals surface area contributed by atoms with Crippen LogP contribution in [0.25, 0.3) is 22.5 Å². The summed E-state index contributed by atoms with van der Waals surface area (Å²) in [6.07, 6.45) is -4.82. The van der Waals surface area contributed by atoms with Crippen molar-refractivity contribution in [1.29, 1.82) is 0 Å². The molecule has 4 aromatic rings. The van der Waals surface area contributed by atoms with Crippen molar-refractivity contribution in [3.05, 3.63) is 70.8 Å². The number of phenols is 2. The zero-order valence-corrected chi connectivity index (χ0v) is 29.1. The van der Waals surface area contributed by atoms with Crippen molar-refractivity contribution in [3.8, 4) is 34.0 Å². The molecule has 2 aliphatic rings. The lowest BCUT2D eigenvalue weighted by Crippen LogP contribution is -2.46. The Bertz CT molecular complexity index is 1640. The van der Waals surface area contributed by atoms with Gasteiger partial charge < -0.3 is 31.5 Å². The third-order valence-corrected chi connectivity index (χ3v) is 9.32. The van der Waals surface area contributed by atoms with Gasteiger partial charge in [-0.15, -0.1) is 20.4 Å². The standard InChI is InChI=1S/2C18H21F3N4O/c2*1-10-8-12(18(19,20)21)9-15(26)17(10)14-5-6-16(25-24-14)23-13-4-3-7-22-11(13)2/h2*5-6,8-9,11,13,22,26H,3-4,7H2,1-2H3,(H,23,25)/t11-,13-;/m0./s1. The molecule has 4 atom stereocenters. The van der Waals surface area contributed by atoms with Gasteiger partial charge in [-0.3, -0.25) is 0 Å². The minimum absolute atomic E-state index is 0.241. The first kappa shape index (κ1) is 38.5. The summed E-state index contributed by atoms with van der Waals surface area (Å²) in [5.41, 5.74) is -0.0323. The summed E-state index contributed by atoms with van der Waals surface area (Å²) in [5, 5.41) is 49.9. The van der Waals surface area contributed by atoms with Crippen molar-refractivity contribution in [2.24, 2.45) is 0 Å². The molecule has 0 saturated carbocycles. The Morgan fingerprint density at radius 2 is 1.00 bits per heavy atom. The number of alkyl halides is 6. The van der Waals surface area contributed by atoms with Crippen molar-refractivity contribution in [2.45, 2.75) is 89.9 Å². The van der Waals surface area contributed by atoms with Gasteiger partial charge in [0.15, 0.2) is 0 Å². The Balaban J connectivity index is 0.000000201. The van der Waals surface area contributed by atoms with Crippen LogP contribution < -0.4 is 21.3 Å². The molecule has 0 bridgehead atoms. The largest absolute Gasteiger partial charge is 0.507 e. The lowest BCUT2D eigenvalue weighted by molar-refractivity contribution is -0.138. The fourth-order valence-corrected chi connectivity index (χ4v) is 6.48. The maximum absolute atomic E-state index is 12.8. The van der Waals surface area contributed by atoms with E-state index in [4.69, 9.17) is 0 Å². The number of aromatic hydroxyl groups is 2. The highest BCUT2D eigenvalue weighted by atomic mass is 19.4. The van der Waals surface area contributed by atoms with Gasteiger partial charge in [0.25, 0.3) is 0 Å². The van der Waals surface area contributed by atoms with Crippen molar-refractivity contribution in [3.63, 3.8) is 0 Å². The van der Waals surface area contributed by atoms with Crippen molar-refractivity contribution >= 4 is 11.6 Å². The highest BCUT2D eigenvalue weighted by molar-refractivity contribution is 5.72. The van der Waals surface area contributed by atoms with E-state index in [0.29, 0.717) is 47.2 Å². The third kappa shape index (κ3) is 9.39. The Hall–Kier alpha value is -4.70. The normalized spacial score (nSPS) is 20.8. The molecule has 6 N–H and O–H groups in total. The van der Waals surface area contributed by atoms with Crippen LogP contribution in [0.1, 0.15) is 61.8 Å². The SMILES string of the molecule is Cc1cc(C(F)(F)F)cc(O)c1-c1ccc(NC2CCCNC2C)nn1.Cc1cc(C(F)(F)F)cc(O)c1-c1ccc(N[C@H]2CCCN[C@H]2C)nn1. The number of hydrogen-bond acceptors (Lipinski definition) is 10. The Labute approximate surface area is 297 Å². The van der Waals surface area contributed by atoms with Gasteiger partial charge in [0, 0.05) is 35.3 Å². The predicted molar refractivity (Wildman–Crippen MR) is 186 cm³/mol. The van der Waals surface area contributed by atoms with E-state index < -0.39 is 35.0 Å². The molecular formula is C36H42F6N8O2. The van der Waals surface area contributed by atoms with Gasteiger partial charge in [-0.2, -0.15) is 26.3 Å². The number of rotatable bonds is 6. The van der Waals surface area contributed by atoms with Crippen LogP contribution in [0, 0.1) is 13.8 Å². The number of hydrogen-bond donors (Lipinski definition) is 6. The van der Waals surface area contributed by atoms with Crippen LogP contribution in [0.5, 0.6) is 11.5 Å². The van der Waals surface area contributed by atoms with Gasteiger partial charge in [-0.25, -0.2) is 0 Å². The summed E-state index contributed by atoms with van der Waals surface area (Å²) in [5.74, 6) is 0.270. The van der Waals surface area contributed by atoms with Gasteiger partial charge in [-0.1, -0.05) is 0 Å². The van der Waals surface area contributed by atoms with Crippen LogP contribution in [0.15, 0.2) is 48.5 Å². The average molecular weight is 733 g/mol. The molecule has 2 aromatic carbocycles. The Kier molecular flexibility index (Phi) is 11.8. The van der Waals surface area contributed by atoms with Crippen LogP contribution in [0.4, 0.5) is 38.0 Å². The van der Waals surface area contributed by atoms with Crippen LogP contribution in [0.3, 0.4) is 0 Å². The molecule has 16 heteroatoms. The topological polar surface area (TPSA) is 140 Å². The highest BCUT2D eigenvalue weighted by Gasteiger charge is 2.33. The molecule has 280 valence electrons. The number of halogens is 6. The minimum atomic E-state index is -4.51. The number of aryl methyl sites for hydroxylation is 2. The smallest absolute Gasteiger partial charge is 0.416 e. The zero-order chi connectivity index (χ0) is 37.8. The molecule has 2 fully saturated rings. The maximum atomic E-state index is 12.8. The number of aromatic nitrogens is 4. The van der Waals surface area contributed by atoms with Gasteiger partial charge in [0.2, 0.25) is 0 Å². The first-order valence-electron chi connectivity index (χ1n) is 17.0. The molecule has 0 spiro atoms. The van der Waals surface area contributed by atoms with E-state index in [9.17, 15) is 36.6 Å². The number of anilines is 2. The fraction of sp³-hybridized carbons (Fsp3) is 0.444. The monoisotopic (exact) mass is 732 g/mol. The third-order valence-electron chi connectivity index (χ3n) is 9.32. The second-order valence-corrected chi connectivity index (χ2v) is 13.2. The second kappa shape index (κ2) is 15.9. The summed E-state index contributed by atoms with van der Waals surface area (Å²) in [6, 6.07) is 11.3. The summed E-state index contributed by atoms with van der Waals surface area (Å²) in [6.45, 7) is 9.21. The number of nitrogens with zero attached hydrogens (tertiary/aromatic N) is 4. The molecule has 4 heterocycles. The molecule has 0 radical (unpaired) electrons. The number of benzene rings is 2. The Morgan fingerprint density at radius 1 is 0.615 bits per heavy atom. The zero-order valence-electron chi connectivity index (χ0n) is 29.1. The van der Waals surface area contributed by atoms with Crippen molar-refractivity contribution < 1.29 is 36.6 Å². The molecule has 0 amide bonds. The lowest BCUT2D eigenvalue weighted by Gasteiger charge is -2.30. The predicted octanol–water partition coefficient (Wildman–Crippen LogP) is 7.46. The quantitative estimate of drug-likeness (QED) is 0.111. The van der Waals surface area contributed by atoms with Gasteiger partial charge >= 0.3 is 12.4 Å². The fourth-order valence-electron chi connectivity index (χ4n) is 6.48. The maximum Gasteiger partial charge on any atom is 0.416 e. The molecular weight excluding hydrogens is 690 g/mol. The summed E-state index contributed by atoms with van der Waals surface area (Å²) >= 11 is 0. The molecule has 2 aromatic heterocycles. The summed E-state index contributed by atoms with van der Waals surface area (Å²) in [7, 11) is 0. The van der Waals surface area contributed by atoms with Crippen LogP contribution >= 0.6 is 0 Å². The molecule has 2 aliphatic heterocycles. The number of piperidine rings is 2. The molecule has 52 heavy (non-hydrogen) atoms. The number of nitrogens with one attached hydrogen (secondary N) is 4. The van der Waals surface area contributed by atoms with Gasteiger partial charge in [-0.05, 0) is 126 Å². The Morgan fingerprint density at radius 3 is 1.29 bits per heavy atom. The van der Waals surface area contributed by atoms with Crippen LogP contribution in [-0.2, 0) is 12.4 Å². The molecule has 0 aliphatic carbocycles. The van der Waals surface area contributed by atoms with E-state index in [2.05, 4.69) is 55.5 Å². The van der Waals surface area contributed by atoms with Crippen LogP contribution in [0.2, 0.25) is 0 Å². The summed E-state index contributed by atoms with van der Waals surface area (Å²) in [4.78, 5) is 0. The molecule has 10 nitrogen and oxygen atoms in total. The van der Waals surface area contributed by atoms with E-state index in [1.54, 1.807) is 24.3 Å². The highest BCUT2D eigenvalue weighted by Crippen LogP contribution is 2.40. The van der Waals surface area contributed by atoms with Gasteiger partial charge in [0.05, 0.1) is 22.5 Å². The van der Waals surface area contributed by atoms with E-state index in [0.717, 1.165) is 50.9 Å². The average Bonchev–Trinajstić information content (AvgIpc) is 3.07. The van der Waals surface area contributed by atoms with Crippen molar-refractivity contribution in [2.75, 3.05) is 23.7 Å². The van der Waals surface area contributed by atoms with Crippen LogP contribution in [-0.4, -0.2) is 67.9 Å². The molecule has 6 rings (SSSR count). The summed E-state index contributed by atoms with van der Waals surface area (Å²) < 4.78 is 77.0. The lowest BCUT2D eigenvalue weighted by atomic mass is 9.99. The van der Waals surface area contributed by atoms with Gasteiger partial charge in [0.1, 0.15) is 23.1 Å². The minimum Gasteiger partial charge on any atom is -0.507 e. The number of phenolic OH excluding ortho intramolecular Hbond substituents is 2. The molecule has 2 unspecified atom stereocenters.